The zero-order chi connectivity index (χ0) is 12.1. The monoisotopic (exact) mass is 232 g/mol. The van der Waals surface area contributed by atoms with Gasteiger partial charge in [-0.05, 0) is 12.5 Å². The maximum absolute atomic E-state index is 11.4. The number of hydrogen-bond acceptors (Lipinski definition) is 3. The lowest BCUT2D eigenvalue weighted by Gasteiger charge is -2.14. The summed E-state index contributed by atoms with van der Waals surface area (Å²) in [6.07, 6.45) is 6.25. The first kappa shape index (κ1) is 11.6. The predicted octanol–water partition coefficient (Wildman–Crippen LogP) is 0.914. The third-order valence-corrected chi connectivity index (χ3v) is 2.78. The lowest BCUT2D eigenvalue weighted by Crippen LogP contribution is -2.36. The lowest BCUT2D eigenvalue weighted by atomic mass is 10.2. The highest BCUT2D eigenvalue weighted by atomic mass is 16.2. The van der Waals surface area contributed by atoms with E-state index >= 15 is 0 Å². The van der Waals surface area contributed by atoms with Crippen LogP contribution < -0.4 is 5.32 Å². The molecule has 1 fully saturated rings. The Hall–Kier alpha value is -1.91. The molecule has 2 heterocycles. The van der Waals surface area contributed by atoms with Crippen LogP contribution in [0.1, 0.15) is 12.0 Å². The van der Waals surface area contributed by atoms with E-state index < -0.39 is 0 Å². The fourth-order valence-electron chi connectivity index (χ4n) is 1.85. The van der Waals surface area contributed by atoms with Crippen LogP contribution in [0, 0.1) is 0 Å². The van der Waals surface area contributed by atoms with Gasteiger partial charge < -0.3 is 10.2 Å². The Balaban J connectivity index is 1.90. The number of likely N-dealkylation sites (tertiary alicyclic amines) is 1. The number of amides is 2. The Bertz CT molecular complexity index is 404. The largest absolute Gasteiger partial charge is 0.341 e. The SMILES string of the molecule is CNC(=O)N1CCC(N=Cc2cccnc2)C1. The normalized spacial score (nSPS) is 19.8. The van der Waals surface area contributed by atoms with Crippen molar-refractivity contribution in [3.05, 3.63) is 30.1 Å². The molecule has 0 aromatic carbocycles. The molecule has 1 saturated heterocycles. The van der Waals surface area contributed by atoms with E-state index in [4.69, 9.17) is 0 Å². The van der Waals surface area contributed by atoms with Gasteiger partial charge in [-0.2, -0.15) is 0 Å². The molecule has 5 heteroatoms. The molecular weight excluding hydrogens is 216 g/mol. The van der Waals surface area contributed by atoms with Crippen molar-refractivity contribution in [1.29, 1.82) is 0 Å². The summed E-state index contributed by atoms with van der Waals surface area (Å²) in [5.74, 6) is 0. The van der Waals surface area contributed by atoms with Crippen LogP contribution in [0.4, 0.5) is 4.79 Å². The summed E-state index contributed by atoms with van der Waals surface area (Å²) in [4.78, 5) is 21.7. The van der Waals surface area contributed by atoms with Crippen molar-refractivity contribution in [2.75, 3.05) is 20.1 Å². The molecule has 0 spiro atoms. The zero-order valence-corrected chi connectivity index (χ0v) is 9.84. The van der Waals surface area contributed by atoms with Crippen molar-refractivity contribution < 1.29 is 4.79 Å². The van der Waals surface area contributed by atoms with Gasteiger partial charge in [-0.25, -0.2) is 4.79 Å². The number of nitrogens with zero attached hydrogens (tertiary/aromatic N) is 3. The van der Waals surface area contributed by atoms with Crippen molar-refractivity contribution in [1.82, 2.24) is 15.2 Å². The van der Waals surface area contributed by atoms with E-state index in [0.717, 1.165) is 18.5 Å². The van der Waals surface area contributed by atoms with Gasteiger partial charge in [0.25, 0.3) is 0 Å². The number of aromatic nitrogens is 1. The minimum atomic E-state index is -0.0240. The van der Waals surface area contributed by atoms with E-state index in [1.54, 1.807) is 24.3 Å². The van der Waals surface area contributed by atoms with Gasteiger partial charge in [0.2, 0.25) is 0 Å². The van der Waals surface area contributed by atoms with Crippen LogP contribution in [-0.2, 0) is 0 Å². The molecular formula is C12H16N4O. The maximum Gasteiger partial charge on any atom is 0.317 e. The molecule has 17 heavy (non-hydrogen) atoms. The van der Waals surface area contributed by atoms with Gasteiger partial charge in [0.1, 0.15) is 0 Å². The standard InChI is InChI=1S/C12H16N4O/c1-13-12(17)16-6-4-11(9-16)15-8-10-3-2-5-14-7-10/h2-3,5,7-8,11H,4,6,9H2,1H3,(H,13,17). The van der Waals surface area contributed by atoms with Gasteiger partial charge >= 0.3 is 6.03 Å². The topological polar surface area (TPSA) is 57.6 Å². The molecule has 0 radical (unpaired) electrons. The zero-order valence-electron chi connectivity index (χ0n) is 9.84. The van der Waals surface area contributed by atoms with Crippen LogP contribution in [-0.4, -0.2) is 48.3 Å². The summed E-state index contributed by atoms with van der Waals surface area (Å²) in [5, 5.41) is 2.63. The van der Waals surface area contributed by atoms with E-state index in [2.05, 4.69) is 15.3 Å². The highest BCUT2D eigenvalue weighted by Gasteiger charge is 2.24. The molecule has 2 amide bonds. The van der Waals surface area contributed by atoms with E-state index in [9.17, 15) is 4.79 Å². The summed E-state index contributed by atoms with van der Waals surface area (Å²) in [6, 6.07) is 4.02. The fraction of sp³-hybridized carbons (Fsp3) is 0.417. The molecule has 90 valence electrons. The van der Waals surface area contributed by atoms with Gasteiger partial charge in [-0.1, -0.05) is 6.07 Å². The molecule has 2 rings (SSSR count). The first-order chi connectivity index (χ1) is 8.29. The molecule has 1 unspecified atom stereocenters. The minimum absolute atomic E-state index is 0.0240. The first-order valence-corrected chi connectivity index (χ1v) is 5.69. The number of nitrogens with one attached hydrogen (secondary N) is 1. The molecule has 1 aliphatic heterocycles. The fourth-order valence-corrected chi connectivity index (χ4v) is 1.85. The molecule has 1 aliphatic rings. The van der Waals surface area contributed by atoms with Gasteiger partial charge in [0.15, 0.2) is 0 Å². The Kier molecular flexibility index (Phi) is 3.69. The van der Waals surface area contributed by atoms with Crippen LogP contribution in [0.15, 0.2) is 29.5 Å². The quantitative estimate of drug-likeness (QED) is 0.771. The summed E-state index contributed by atoms with van der Waals surface area (Å²) in [6.45, 7) is 1.46. The molecule has 0 saturated carbocycles. The summed E-state index contributed by atoms with van der Waals surface area (Å²) >= 11 is 0. The molecule has 0 aliphatic carbocycles. The van der Waals surface area contributed by atoms with Gasteiger partial charge in [0.05, 0.1) is 6.04 Å². The molecule has 0 bridgehead atoms. The second-order valence-electron chi connectivity index (χ2n) is 4.01. The number of carbonyl (C=O) groups is 1. The second kappa shape index (κ2) is 5.43. The van der Waals surface area contributed by atoms with E-state index in [-0.39, 0.29) is 12.1 Å². The predicted molar refractivity (Wildman–Crippen MR) is 66.3 cm³/mol. The second-order valence-corrected chi connectivity index (χ2v) is 4.01. The lowest BCUT2D eigenvalue weighted by molar-refractivity contribution is 0.210. The van der Waals surface area contributed by atoms with Crippen LogP contribution in [0.5, 0.6) is 0 Å². The third kappa shape index (κ3) is 3.03. The van der Waals surface area contributed by atoms with E-state index in [0.29, 0.717) is 6.54 Å². The summed E-state index contributed by atoms with van der Waals surface area (Å²) in [5.41, 5.74) is 0.992. The Morgan fingerprint density at radius 2 is 2.59 bits per heavy atom. The molecule has 5 nitrogen and oxygen atoms in total. The van der Waals surface area contributed by atoms with Crippen LogP contribution in [0.2, 0.25) is 0 Å². The molecule has 1 aromatic heterocycles. The Morgan fingerprint density at radius 3 is 3.29 bits per heavy atom. The number of rotatable bonds is 2. The van der Waals surface area contributed by atoms with E-state index in [1.807, 2.05) is 18.3 Å². The number of carbonyl (C=O) groups excluding carboxylic acids is 1. The molecule has 1 atom stereocenters. The first-order valence-electron chi connectivity index (χ1n) is 5.69. The summed E-state index contributed by atoms with van der Waals surface area (Å²) in [7, 11) is 1.65. The number of pyridine rings is 1. The van der Waals surface area contributed by atoms with Crippen LogP contribution in [0.25, 0.3) is 0 Å². The van der Waals surface area contributed by atoms with Crippen molar-refractivity contribution in [2.24, 2.45) is 4.99 Å². The van der Waals surface area contributed by atoms with Crippen molar-refractivity contribution in [3.8, 4) is 0 Å². The number of aliphatic imine (C=N–C) groups is 1. The Labute approximate surface area is 101 Å². The summed E-state index contributed by atoms with van der Waals surface area (Å²) < 4.78 is 0. The van der Waals surface area contributed by atoms with Crippen LogP contribution in [0.3, 0.4) is 0 Å². The number of hydrogen-bond donors (Lipinski definition) is 1. The van der Waals surface area contributed by atoms with Gasteiger partial charge in [-0.15, -0.1) is 0 Å². The van der Waals surface area contributed by atoms with Crippen LogP contribution >= 0.6 is 0 Å². The third-order valence-electron chi connectivity index (χ3n) is 2.78. The maximum atomic E-state index is 11.4. The molecule has 1 aromatic rings. The average Bonchev–Trinajstić information content (AvgIpc) is 2.85. The van der Waals surface area contributed by atoms with Crippen molar-refractivity contribution in [3.63, 3.8) is 0 Å². The minimum Gasteiger partial charge on any atom is -0.341 e. The smallest absolute Gasteiger partial charge is 0.317 e. The molecule has 1 N–H and O–H groups in total. The van der Waals surface area contributed by atoms with E-state index in [1.165, 1.54) is 0 Å². The van der Waals surface area contributed by atoms with Gasteiger partial charge in [-0.3, -0.25) is 9.98 Å². The average molecular weight is 232 g/mol. The highest BCUT2D eigenvalue weighted by molar-refractivity contribution is 5.79. The number of urea groups is 1. The van der Waals surface area contributed by atoms with Gasteiger partial charge in [0, 0.05) is 44.3 Å². The Morgan fingerprint density at radius 1 is 1.71 bits per heavy atom. The van der Waals surface area contributed by atoms with Crippen molar-refractivity contribution >= 4 is 12.2 Å². The van der Waals surface area contributed by atoms with Crippen molar-refractivity contribution in [2.45, 2.75) is 12.5 Å². The highest BCUT2D eigenvalue weighted by Crippen LogP contribution is 2.12.